The van der Waals surface area contributed by atoms with Crippen molar-refractivity contribution < 1.29 is 9.90 Å². The lowest BCUT2D eigenvalue weighted by atomic mass is 10.0. The van der Waals surface area contributed by atoms with Crippen LogP contribution in [-0.2, 0) is 11.3 Å². The molecular formula is C18H26N2O2. The van der Waals surface area contributed by atoms with E-state index in [2.05, 4.69) is 29.2 Å². The highest BCUT2D eigenvalue weighted by Crippen LogP contribution is 2.31. The van der Waals surface area contributed by atoms with Crippen molar-refractivity contribution in [1.29, 1.82) is 0 Å². The minimum Gasteiger partial charge on any atom is -0.380 e. The fraction of sp³-hybridized carbons (Fsp3) is 0.611. The Labute approximate surface area is 132 Å². The number of hydrogen-bond acceptors (Lipinski definition) is 3. The quantitative estimate of drug-likeness (QED) is 0.929. The van der Waals surface area contributed by atoms with Crippen LogP contribution in [0, 0.1) is 0 Å². The van der Waals surface area contributed by atoms with Crippen molar-refractivity contribution in [2.45, 2.75) is 44.2 Å². The molecule has 2 aliphatic rings. The Kier molecular flexibility index (Phi) is 4.79. The summed E-state index contributed by atoms with van der Waals surface area (Å²) in [4.78, 5) is 16.9. The van der Waals surface area contributed by atoms with Crippen molar-refractivity contribution in [3.8, 4) is 0 Å². The van der Waals surface area contributed by atoms with Gasteiger partial charge in [-0.3, -0.25) is 9.69 Å². The molecule has 0 radical (unpaired) electrons. The Morgan fingerprint density at radius 2 is 1.73 bits per heavy atom. The standard InChI is InChI=1S/C18H26N2O2/c21-17(18(22)9-4-5-10-18)20-12-6-11-19(13-14-20)15-16-7-2-1-3-8-16/h1-3,7-8,22H,4-6,9-15H2. The highest BCUT2D eigenvalue weighted by Gasteiger charge is 2.41. The Morgan fingerprint density at radius 1 is 1.00 bits per heavy atom. The number of carbonyl (C=O) groups is 1. The van der Waals surface area contributed by atoms with Crippen LogP contribution in [0.3, 0.4) is 0 Å². The molecule has 1 N–H and O–H groups in total. The number of aliphatic hydroxyl groups is 1. The van der Waals surface area contributed by atoms with Crippen LogP contribution in [0.25, 0.3) is 0 Å². The van der Waals surface area contributed by atoms with E-state index in [1.165, 1.54) is 5.56 Å². The first-order valence-electron chi connectivity index (χ1n) is 8.45. The number of nitrogens with zero attached hydrogens (tertiary/aromatic N) is 2. The van der Waals surface area contributed by atoms with Crippen molar-refractivity contribution in [3.05, 3.63) is 35.9 Å². The maximum Gasteiger partial charge on any atom is 0.254 e. The van der Waals surface area contributed by atoms with Gasteiger partial charge in [-0.1, -0.05) is 30.3 Å². The average Bonchev–Trinajstić information content (AvgIpc) is 2.86. The lowest BCUT2D eigenvalue weighted by Gasteiger charge is -2.29. The van der Waals surface area contributed by atoms with E-state index in [0.29, 0.717) is 12.8 Å². The van der Waals surface area contributed by atoms with Crippen LogP contribution < -0.4 is 0 Å². The Balaban J connectivity index is 1.57. The molecule has 1 aliphatic heterocycles. The van der Waals surface area contributed by atoms with Gasteiger partial charge >= 0.3 is 0 Å². The van der Waals surface area contributed by atoms with Gasteiger partial charge in [0.25, 0.3) is 5.91 Å². The second kappa shape index (κ2) is 6.80. The largest absolute Gasteiger partial charge is 0.380 e. The molecule has 1 saturated carbocycles. The molecule has 22 heavy (non-hydrogen) atoms. The topological polar surface area (TPSA) is 43.8 Å². The molecule has 0 unspecified atom stereocenters. The molecule has 120 valence electrons. The van der Waals surface area contributed by atoms with Gasteiger partial charge in [-0.25, -0.2) is 0 Å². The number of hydrogen-bond donors (Lipinski definition) is 1. The molecule has 1 aromatic carbocycles. The van der Waals surface area contributed by atoms with E-state index in [-0.39, 0.29) is 5.91 Å². The summed E-state index contributed by atoms with van der Waals surface area (Å²) in [5.74, 6) is -0.0356. The van der Waals surface area contributed by atoms with Gasteiger partial charge in [0.1, 0.15) is 5.60 Å². The molecular weight excluding hydrogens is 276 g/mol. The summed E-state index contributed by atoms with van der Waals surface area (Å²) in [5.41, 5.74) is 0.242. The summed E-state index contributed by atoms with van der Waals surface area (Å²) in [5, 5.41) is 10.5. The molecule has 0 bridgehead atoms. The SMILES string of the molecule is O=C(N1CCCN(Cc2ccccc2)CC1)C1(O)CCCC1. The zero-order valence-electron chi connectivity index (χ0n) is 13.2. The van der Waals surface area contributed by atoms with Crippen molar-refractivity contribution in [2.24, 2.45) is 0 Å². The van der Waals surface area contributed by atoms with E-state index in [9.17, 15) is 9.90 Å². The highest BCUT2D eigenvalue weighted by atomic mass is 16.3. The minimum atomic E-state index is -1.07. The second-order valence-corrected chi connectivity index (χ2v) is 6.65. The molecule has 0 aromatic heterocycles. The molecule has 4 heteroatoms. The minimum absolute atomic E-state index is 0.0356. The van der Waals surface area contributed by atoms with Gasteiger partial charge in [0.2, 0.25) is 0 Å². The zero-order valence-corrected chi connectivity index (χ0v) is 13.2. The van der Waals surface area contributed by atoms with Gasteiger partial charge in [0.15, 0.2) is 0 Å². The van der Waals surface area contributed by atoms with Gasteiger partial charge < -0.3 is 10.0 Å². The smallest absolute Gasteiger partial charge is 0.254 e. The van der Waals surface area contributed by atoms with Gasteiger partial charge in [-0.15, -0.1) is 0 Å². The van der Waals surface area contributed by atoms with Crippen LogP contribution in [0.1, 0.15) is 37.7 Å². The van der Waals surface area contributed by atoms with E-state index in [0.717, 1.165) is 52.0 Å². The maximum absolute atomic E-state index is 12.6. The van der Waals surface area contributed by atoms with E-state index in [1.54, 1.807) is 0 Å². The molecule has 1 heterocycles. The third-order valence-corrected chi connectivity index (χ3v) is 4.95. The van der Waals surface area contributed by atoms with E-state index in [1.807, 2.05) is 11.0 Å². The fourth-order valence-corrected chi connectivity index (χ4v) is 3.64. The molecule has 4 nitrogen and oxygen atoms in total. The van der Waals surface area contributed by atoms with Crippen LogP contribution in [0.2, 0.25) is 0 Å². The highest BCUT2D eigenvalue weighted by molar-refractivity contribution is 5.85. The van der Waals surface area contributed by atoms with Crippen molar-refractivity contribution in [1.82, 2.24) is 9.80 Å². The zero-order chi connectivity index (χ0) is 15.4. The van der Waals surface area contributed by atoms with Gasteiger partial charge in [-0.05, 0) is 37.7 Å². The maximum atomic E-state index is 12.6. The van der Waals surface area contributed by atoms with Crippen LogP contribution in [0.15, 0.2) is 30.3 Å². The van der Waals surface area contributed by atoms with Crippen LogP contribution in [-0.4, -0.2) is 52.6 Å². The number of benzene rings is 1. The average molecular weight is 302 g/mol. The first-order valence-corrected chi connectivity index (χ1v) is 8.45. The number of rotatable bonds is 3. The molecule has 0 atom stereocenters. The second-order valence-electron chi connectivity index (χ2n) is 6.65. The molecule has 1 amide bonds. The molecule has 0 spiro atoms. The third kappa shape index (κ3) is 3.50. The summed E-state index contributed by atoms with van der Waals surface area (Å²) in [6.07, 6.45) is 4.19. The molecule has 1 saturated heterocycles. The van der Waals surface area contributed by atoms with Crippen molar-refractivity contribution >= 4 is 5.91 Å². The first-order chi connectivity index (χ1) is 10.7. The Hall–Kier alpha value is -1.39. The molecule has 3 rings (SSSR count). The van der Waals surface area contributed by atoms with Gasteiger partial charge in [0, 0.05) is 32.7 Å². The van der Waals surface area contributed by atoms with Crippen LogP contribution in [0.5, 0.6) is 0 Å². The fourth-order valence-electron chi connectivity index (χ4n) is 3.64. The predicted molar refractivity (Wildman–Crippen MR) is 86.3 cm³/mol. The normalized spacial score (nSPS) is 22.5. The summed E-state index contributed by atoms with van der Waals surface area (Å²) >= 11 is 0. The summed E-state index contributed by atoms with van der Waals surface area (Å²) < 4.78 is 0. The first kappa shape index (κ1) is 15.5. The lowest BCUT2D eigenvalue weighted by Crippen LogP contribution is -2.48. The number of amides is 1. The van der Waals surface area contributed by atoms with E-state index in [4.69, 9.17) is 0 Å². The summed E-state index contributed by atoms with van der Waals surface area (Å²) in [7, 11) is 0. The third-order valence-electron chi connectivity index (χ3n) is 4.95. The monoisotopic (exact) mass is 302 g/mol. The van der Waals surface area contributed by atoms with E-state index >= 15 is 0 Å². The Morgan fingerprint density at radius 3 is 2.45 bits per heavy atom. The van der Waals surface area contributed by atoms with Gasteiger partial charge in [0.05, 0.1) is 0 Å². The van der Waals surface area contributed by atoms with E-state index < -0.39 is 5.60 Å². The molecule has 1 aliphatic carbocycles. The lowest BCUT2D eigenvalue weighted by molar-refractivity contribution is -0.150. The summed E-state index contributed by atoms with van der Waals surface area (Å²) in [6.45, 7) is 4.33. The molecule has 2 fully saturated rings. The van der Waals surface area contributed by atoms with Crippen LogP contribution >= 0.6 is 0 Å². The van der Waals surface area contributed by atoms with Crippen molar-refractivity contribution in [2.75, 3.05) is 26.2 Å². The molecule has 1 aromatic rings. The van der Waals surface area contributed by atoms with Crippen molar-refractivity contribution in [3.63, 3.8) is 0 Å². The van der Waals surface area contributed by atoms with Gasteiger partial charge in [-0.2, -0.15) is 0 Å². The summed E-state index contributed by atoms with van der Waals surface area (Å²) in [6, 6.07) is 10.5. The Bertz CT molecular complexity index is 497. The van der Waals surface area contributed by atoms with Crippen LogP contribution in [0.4, 0.5) is 0 Å². The number of carbonyl (C=O) groups excluding carboxylic acids is 1. The predicted octanol–water partition coefficient (Wildman–Crippen LogP) is 2.03.